The van der Waals surface area contributed by atoms with Crippen molar-refractivity contribution < 1.29 is 19.2 Å². The Morgan fingerprint density at radius 2 is 1.76 bits per heavy atom. The van der Waals surface area contributed by atoms with Gasteiger partial charge in [0.1, 0.15) is 6.04 Å². The first-order valence-corrected chi connectivity index (χ1v) is 10.3. The van der Waals surface area contributed by atoms with Crippen molar-refractivity contribution in [1.82, 2.24) is 15.5 Å². The van der Waals surface area contributed by atoms with Crippen LogP contribution in [0.1, 0.15) is 59.2 Å². The number of anilines is 1. The van der Waals surface area contributed by atoms with Crippen LogP contribution < -0.4 is 16.0 Å². The molecule has 2 saturated heterocycles. The number of hydrogen-bond donors (Lipinski definition) is 3. The standard InChI is InChI=1S/C21H26N4O4/c26-18-6-5-17(19(27)24-18)25-20(28)15-4-3-14(12-16(15)21(25)29)23-9-1-2-13-7-10-22-11-8-13/h3-4,12-13,17,22-23H,1-2,5-11H2,(H,24,26,27). The highest BCUT2D eigenvalue weighted by atomic mass is 16.2. The fourth-order valence-electron chi connectivity index (χ4n) is 4.37. The summed E-state index contributed by atoms with van der Waals surface area (Å²) in [5.74, 6) is -1.14. The summed E-state index contributed by atoms with van der Waals surface area (Å²) in [6.07, 6.45) is 4.97. The van der Waals surface area contributed by atoms with Gasteiger partial charge in [-0.15, -0.1) is 0 Å². The number of amides is 4. The molecule has 154 valence electrons. The minimum Gasteiger partial charge on any atom is -0.385 e. The molecule has 0 saturated carbocycles. The van der Waals surface area contributed by atoms with Gasteiger partial charge in [-0.25, -0.2) is 0 Å². The van der Waals surface area contributed by atoms with Crippen LogP contribution in [-0.2, 0) is 9.59 Å². The lowest BCUT2D eigenvalue weighted by molar-refractivity contribution is -0.136. The Bertz CT molecular complexity index is 847. The van der Waals surface area contributed by atoms with Crippen LogP contribution in [0, 0.1) is 5.92 Å². The summed E-state index contributed by atoms with van der Waals surface area (Å²) in [5, 5.41) is 8.92. The van der Waals surface area contributed by atoms with E-state index < -0.39 is 23.8 Å². The molecule has 1 atom stereocenters. The average Bonchev–Trinajstić information content (AvgIpc) is 2.96. The van der Waals surface area contributed by atoms with Gasteiger partial charge in [-0.2, -0.15) is 0 Å². The number of nitrogens with zero attached hydrogens (tertiary/aromatic N) is 1. The van der Waals surface area contributed by atoms with Crippen molar-refractivity contribution in [3.63, 3.8) is 0 Å². The van der Waals surface area contributed by atoms with Gasteiger partial charge < -0.3 is 10.6 Å². The minimum absolute atomic E-state index is 0.119. The number of fused-ring (bicyclic) bond motifs is 1. The van der Waals surface area contributed by atoms with Gasteiger partial charge in [-0.3, -0.25) is 29.4 Å². The predicted molar refractivity (Wildman–Crippen MR) is 106 cm³/mol. The van der Waals surface area contributed by atoms with Crippen LogP contribution in [0.25, 0.3) is 0 Å². The Morgan fingerprint density at radius 3 is 2.52 bits per heavy atom. The highest BCUT2D eigenvalue weighted by molar-refractivity contribution is 6.23. The van der Waals surface area contributed by atoms with E-state index in [1.54, 1.807) is 18.2 Å². The zero-order valence-corrected chi connectivity index (χ0v) is 16.3. The van der Waals surface area contributed by atoms with E-state index in [9.17, 15) is 19.2 Å². The first-order chi connectivity index (χ1) is 14.0. The van der Waals surface area contributed by atoms with Crippen LogP contribution >= 0.6 is 0 Å². The molecule has 0 spiro atoms. The largest absolute Gasteiger partial charge is 0.385 e. The molecule has 4 amide bonds. The average molecular weight is 398 g/mol. The predicted octanol–water partition coefficient (Wildman–Crippen LogP) is 1.28. The maximum Gasteiger partial charge on any atom is 0.262 e. The summed E-state index contributed by atoms with van der Waals surface area (Å²) in [5.41, 5.74) is 1.41. The molecule has 4 rings (SSSR count). The number of carbonyl (C=O) groups excluding carboxylic acids is 4. The zero-order valence-electron chi connectivity index (χ0n) is 16.3. The summed E-state index contributed by atoms with van der Waals surface area (Å²) in [6.45, 7) is 3.01. The van der Waals surface area contributed by atoms with Crippen molar-refractivity contribution in [1.29, 1.82) is 0 Å². The van der Waals surface area contributed by atoms with Crippen molar-refractivity contribution >= 4 is 29.3 Å². The second kappa shape index (κ2) is 8.32. The first kappa shape index (κ1) is 19.6. The van der Waals surface area contributed by atoms with Crippen molar-refractivity contribution in [3.8, 4) is 0 Å². The van der Waals surface area contributed by atoms with E-state index >= 15 is 0 Å². The first-order valence-electron chi connectivity index (χ1n) is 10.3. The number of hydrogen-bond acceptors (Lipinski definition) is 6. The molecule has 3 heterocycles. The second-order valence-electron chi connectivity index (χ2n) is 7.97. The van der Waals surface area contributed by atoms with Gasteiger partial charge in [-0.1, -0.05) is 0 Å². The smallest absolute Gasteiger partial charge is 0.262 e. The highest BCUT2D eigenvalue weighted by Crippen LogP contribution is 2.29. The van der Waals surface area contributed by atoms with E-state index in [1.165, 1.54) is 19.3 Å². The second-order valence-corrected chi connectivity index (χ2v) is 7.97. The third-order valence-electron chi connectivity index (χ3n) is 6.02. The molecule has 8 heteroatoms. The lowest BCUT2D eigenvalue weighted by atomic mass is 9.93. The van der Waals surface area contributed by atoms with E-state index in [1.807, 2.05) is 0 Å². The quantitative estimate of drug-likeness (QED) is 0.492. The van der Waals surface area contributed by atoms with Crippen molar-refractivity contribution in [2.45, 2.75) is 44.6 Å². The lowest BCUT2D eigenvalue weighted by Crippen LogP contribution is -2.54. The van der Waals surface area contributed by atoms with E-state index in [-0.39, 0.29) is 18.7 Å². The van der Waals surface area contributed by atoms with Gasteiger partial charge in [0.25, 0.3) is 11.8 Å². The summed E-state index contributed by atoms with van der Waals surface area (Å²) in [4.78, 5) is 50.0. The number of imide groups is 2. The lowest BCUT2D eigenvalue weighted by Gasteiger charge is -2.27. The molecule has 8 nitrogen and oxygen atoms in total. The normalized spacial score (nSPS) is 22.6. The van der Waals surface area contributed by atoms with Crippen LogP contribution in [0.2, 0.25) is 0 Å². The molecule has 3 aliphatic rings. The molecule has 1 aromatic carbocycles. The SMILES string of the molecule is O=C1CCC(N2C(=O)c3ccc(NCCCC4CCNCC4)cc3C2=O)C(=O)N1. The number of rotatable bonds is 6. The third kappa shape index (κ3) is 4.03. The molecule has 0 aliphatic carbocycles. The molecular formula is C21H26N4O4. The highest BCUT2D eigenvalue weighted by Gasteiger charge is 2.44. The Balaban J connectivity index is 1.38. The molecule has 3 N–H and O–H groups in total. The maximum atomic E-state index is 12.8. The summed E-state index contributed by atoms with van der Waals surface area (Å²) >= 11 is 0. The van der Waals surface area contributed by atoms with Crippen LogP contribution in [0.15, 0.2) is 18.2 Å². The topological polar surface area (TPSA) is 108 Å². The van der Waals surface area contributed by atoms with Crippen molar-refractivity contribution in [2.75, 3.05) is 25.0 Å². The van der Waals surface area contributed by atoms with E-state index in [0.717, 1.165) is 42.6 Å². The van der Waals surface area contributed by atoms with Crippen molar-refractivity contribution in [2.24, 2.45) is 5.92 Å². The van der Waals surface area contributed by atoms with E-state index in [2.05, 4.69) is 16.0 Å². The molecule has 1 unspecified atom stereocenters. The molecule has 0 radical (unpaired) electrons. The van der Waals surface area contributed by atoms with Crippen LogP contribution in [0.4, 0.5) is 5.69 Å². The van der Waals surface area contributed by atoms with Gasteiger partial charge >= 0.3 is 0 Å². The van der Waals surface area contributed by atoms with Gasteiger partial charge in [0.05, 0.1) is 11.1 Å². The van der Waals surface area contributed by atoms with Crippen LogP contribution in [0.3, 0.4) is 0 Å². The van der Waals surface area contributed by atoms with E-state index in [0.29, 0.717) is 11.1 Å². The van der Waals surface area contributed by atoms with Gasteiger partial charge in [-0.05, 0) is 69.3 Å². The molecule has 29 heavy (non-hydrogen) atoms. The molecular weight excluding hydrogens is 372 g/mol. The molecule has 0 bridgehead atoms. The Kier molecular flexibility index (Phi) is 5.62. The van der Waals surface area contributed by atoms with Crippen LogP contribution in [-0.4, -0.2) is 54.2 Å². The maximum absolute atomic E-state index is 12.8. The summed E-state index contributed by atoms with van der Waals surface area (Å²) in [7, 11) is 0. The Hall–Kier alpha value is -2.74. The van der Waals surface area contributed by atoms with Gasteiger partial charge in [0.2, 0.25) is 11.8 Å². The monoisotopic (exact) mass is 398 g/mol. The van der Waals surface area contributed by atoms with Gasteiger partial charge in [0, 0.05) is 18.7 Å². The third-order valence-corrected chi connectivity index (χ3v) is 6.02. The number of carbonyl (C=O) groups is 4. The fourth-order valence-corrected chi connectivity index (χ4v) is 4.37. The Labute approximate surface area is 169 Å². The minimum atomic E-state index is -0.929. The summed E-state index contributed by atoms with van der Waals surface area (Å²) in [6, 6.07) is 4.19. The molecule has 1 aromatic rings. The molecule has 3 aliphatic heterocycles. The zero-order chi connectivity index (χ0) is 20.4. The Morgan fingerprint density at radius 1 is 1.00 bits per heavy atom. The fraction of sp³-hybridized carbons (Fsp3) is 0.524. The van der Waals surface area contributed by atoms with Crippen molar-refractivity contribution in [3.05, 3.63) is 29.3 Å². The number of benzene rings is 1. The van der Waals surface area contributed by atoms with E-state index in [4.69, 9.17) is 0 Å². The van der Waals surface area contributed by atoms with Gasteiger partial charge in [0.15, 0.2) is 0 Å². The molecule has 0 aromatic heterocycles. The number of nitrogens with one attached hydrogen (secondary N) is 3. The summed E-state index contributed by atoms with van der Waals surface area (Å²) < 4.78 is 0. The molecule has 2 fully saturated rings. The van der Waals surface area contributed by atoms with Crippen LogP contribution in [0.5, 0.6) is 0 Å². The number of piperidine rings is 2.